The number of ether oxygens (including phenoxy) is 1. The predicted molar refractivity (Wildman–Crippen MR) is 105 cm³/mol. The predicted octanol–water partition coefficient (Wildman–Crippen LogP) is 3.68. The molecule has 2 amide bonds. The van der Waals surface area contributed by atoms with E-state index < -0.39 is 0 Å². The third kappa shape index (κ3) is 4.72. The number of anilines is 1. The first-order chi connectivity index (χ1) is 12.5. The molecule has 26 heavy (non-hydrogen) atoms. The zero-order chi connectivity index (χ0) is 18.5. The molecular formula is C19H18FIN2O3. The van der Waals surface area contributed by atoms with Crippen LogP contribution in [0.5, 0.6) is 5.75 Å². The van der Waals surface area contributed by atoms with Crippen molar-refractivity contribution in [2.75, 3.05) is 25.0 Å². The van der Waals surface area contributed by atoms with Gasteiger partial charge in [-0.15, -0.1) is 0 Å². The Labute approximate surface area is 164 Å². The molecule has 1 fully saturated rings. The van der Waals surface area contributed by atoms with E-state index in [1.165, 1.54) is 18.2 Å². The van der Waals surface area contributed by atoms with Crippen molar-refractivity contribution in [2.24, 2.45) is 0 Å². The summed E-state index contributed by atoms with van der Waals surface area (Å²) in [6, 6.07) is 10.9. The second-order valence-corrected chi connectivity index (χ2v) is 7.14. The summed E-state index contributed by atoms with van der Waals surface area (Å²) in [5.74, 6) is -0.245. The number of hydrogen-bond donors (Lipinski definition) is 1. The molecule has 0 aromatic heterocycles. The summed E-state index contributed by atoms with van der Waals surface area (Å²) in [4.78, 5) is 26.2. The van der Waals surface area contributed by atoms with Crippen LogP contribution in [-0.2, 0) is 4.79 Å². The molecule has 0 bridgehead atoms. The number of nitrogens with one attached hydrogen (secondary N) is 1. The van der Waals surface area contributed by atoms with E-state index in [-0.39, 0.29) is 24.2 Å². The Bertz CT molecular complexity index is 822. The molecule has 3 rings (SSSR count). The molecule has 1 saturated heterocycles. The van der Waals surface area contributed by atoms with Crippen LogP contribution < -0.4 is 10.1 Å². The van der Waals surface area contributed by atoms with Gasteiger partial charge in [0, 0.05) is 28.4 Å². The summed E-state index contributed by atoms with van der Waals surface area (Å²) in [6.07, 6.45) is 2.07. The standard InChI is InChI=1S/C19H18FIN2O3/c20-13-6-7-16(17(21)10-13)19(25)22-14-4-3-5-15(11-14)26-12-18(24)23-8-1-2-9-23/h3-7,10-11H,1-2,8-9,12H2,(H,22,25). The molecule has 1 heterocycles. The molecule has 0 radical (unpaired) electrons. The summed E-state index contributed by atoms with van der Waals surface area (Å²) >= 11 is 1.92. The van der Waals surface area contributed by atoms with E-state index >= 15 is 0 Å². The number of halogens is 2. The van der Waals surface area contributed by atoms with Crippen molar-refractivity contribution >= 4 is 40.1 Å². The smallest absolute Gasteiger partial charge is 0.260 e. The Morgan fingerprint density at radius 3 is 2.65 bits per heavy atom. The maximum absolute atomic E-state index is 13.2. The van der Waals surface area contributed by atoms with Gasteiger partial charge < -0.3 is 15.0 Å². The third-order valence-electron chi connectivity index (χ3n) is 4.09. The Hall–Kier alpha value is -2.16. The summed E-state index contributed by atoms with van der Waals surface area (Å²) in [5, 5.41) is 2.76. The summed E-state index contributed by atoms with van der Waals surface area (Å²) in [5.41, 5.74) is 0.934. The van der Waals surface area contributed by atoms with Crippen molar-refractivity contribution in [2.45, 2.75) is 12.8 Å². The van der Waals surface area contributed by atoms with Crippen LogP contribution in [0.25, 0.3) is 0 Å². The summed E-state index contributed by atoms with van der Waals surface area (Å²) in [6.45, 7) is 1.55. The van der Waals surface area contributed by atoms with E-state index in [4.69, 9.17) is 4.74 Å². The van der Waals surface area contributed by atoms with Crippen molar-refractivity contribution in [3.63, 3.8) is 0 Å². The van der Waals surface area contributed by atoms with Crippen molar-refractivity contribution in [1.82, 2.24) is 4.90 Å². The molecule has 0 aliphatic carbocycles. The van der Waals surface area contributed by atoms with Gasteiger partial charge in [0.15, 0.2) is 6.61 Å². The van der Waals surface area contributed by atoms with Gasteiger partial charge in [-0.25, -0.2) is 4.39 Å². The van der Waals surface area contributed by atoms with Crippen LogP contribution in [0, 0.1) is 9.39 Å². The Balaban J connectivity index is 1.61. The lowest BCUT2D eigenvalue weighted by molar-refractivity contribution is -0.132. The number of hydrogen-bond acceptors (Lipinski definition) is 3. The van der Waals surface area contributed by atoms with Gasteiger partial charge in [0.25, 0.3) is 11.8 Å². The van der Waals surface area contributed by atoms with Gasteiger partial charge in [-0.3, -0.25) is 9.59 Å². The van der Waals surface area contributed by atoms with Crippen LogP contribution >= 0.6 is 22.6 Å². The molecule has 136 valence electrons. The molecule has 0 unspecified atom stereocenters. The minimum atomic E-state index is -0.385. The van der Waals surface area contributed by atoms with Crippen LogP contribution in [0.2, 0.25) is 0 Å². The van der Waals surface area contributed by atoms with Crippen molar-refractivity contribution in [3.05, 3.63) is 57.4 Å². The maximum atomic E-state index is 13.2. The molecule has 1 aliphatic heterocycles. The Kier molecular flexibility index (Phi) is 6.08. The lowest BCUT2D eigenvalue weighted by Crippen LogP contribution is -2.32. The molecular weight excluding hydrogens is 450 g/mol. The highest BCUT2D eigenvalue weighted by Gasteiger charge is 2.18. The molecule has 2 aromatic carbocycles. The highest BCUT2D eigenvalue weighted by Crippen LogP contribution is 2.20. The number of carbonyl (C=O) groups is 2. The van der Waals surface area contributed by atoms with Crippen LogP contribution in [0.1, 0.15) is 23.2 Å². The quantitative estimate of drug-likeness (QED) is 0.682. The van der Waals surface area contributed by atoms with E-state index in [0.717, 1.165) is 25.9 Å². The number of likely N-dealkylation sites (tertiary alicyclic amines) is 1. The highest BCUT2D eigenvalue weighted by molar-refractivity contribution is 14.1. The van der Waals surface area contributed by atoms with E-state index in [1.807, 2.05) is 22.6 Å². The van der Waals surface area contributed by atoms with Crippen molar-refractivity contribution < 1.29 is 18.7 Å². The fraction of sp³-hybridized carbons (Fsp3) is 0.263. The first-order valence-electron chi connectivity index (χ1n) is 8.30. The molecule has 0 saturated carbocycles. The lowest BCUT2D eigenvalue weighted by atomic mass is 10.2. The maximum Gasteiger partial charge on any atom is 0.260 e. The molecule has 2 aromatic rings. The highest BCUT2D eigenvalue weighted by atomic mass is 127. The zero-order valence-electron chi connectivity index (χ0n) is 14.0. The van der Waals surface area contributed by atoms with Crippen LogP contribution in [0.3, 0.4) is 0 Å². The molecule has 7 heteroatoms. The number of nitrogens with zero attached hydrogens (tertiary/aromatic N) is 1. The van der Waals surface area contributed by atoms with E-state index in [2.05, 4.69) is 5.32 Å². The average molecular weight is 468 g/mol. The Morgan fingerprint density at radius 1 is 1.15 bits per heavy atom. The Morgan fingerprint density at radius 2 is 1.92 bits per heavy atom. The van der Waals surface area contributed by atoms with Gasteiger partial charge >= 0.3 is 0 Å². The minimum absolute atomic E-state index is 0.0206. The van der Waals surface area contributed by atoms with Crippen molar-refractivity contribution in [3.8, 4) is 5.75 Å². The largest absolute Gasteiger partial charge is 0.484 e. The van der Waals surface area contributed by atoms with Gasteiger partial charge in [0.2, 0.25) is 0 Å². The zero-order valence-corrected chi connectivity index (χ0v) is 16.2. The second-order valence-electron chi connectivity index (χ2n) is 5.98. The minimum Gasteiger partial charge on any atom is -0.484 e. The normalized spacial score (nSPS) is 13.5. The fourth-order valence-electron chi connectivity index (χ4n) is 2.74. The number of benzene rings is 2. The van der Waals surface area contributed by atoms with Gasteiger partial charge in [0.05, 0.1) is 5.56 Å². The van der Waals surface area contributed by atoms with Gasteiger partial charge in [-0.2, -0.15) is 0 Å². The second kappa shape index (κ2) is 8.48. The van der Waals surface area contributed by atoms with Crippen molar-refractivity contribution in [1.29, 1.82) is 0 Å². The molecule has 1 aliphatic rings. The SMILES string of the molecule is O=C(Nc1cccc(OCC(=O)N2CCCC2)c1)c1ccc(F)cc1I. The third-order valence-corrected chi connectivity index (χ3v) is 4.98. The average Bonchev–Trinajstić information content (AvgIpc) is 3.14. The van der Waals surface area contributed by atoms with E-state index in [9.17, 15) is 14.0 Å². The monoisotopic (exact) mass is 468 g/mol. The van der Waals surface area contributed by atoms with Crippen LogP contribution in [0.15, 0.2) is 42.5 Å². The molecule has 5 nitrogen and oxygen atoms in total. The summed E-state index contributed by atoms with van der Waals surface area (Å²) in [7, 11) is 0. The van der Waals surface area contributed by atoms with Crippen LogP contribution in [-0.4, -0.2) is 36.4 Å². The van der Waals surface area contributed by atoms with E-state index in [0.29, 0.717) is 20.6 Å². The number of rotatable bonds is 5. The summed E-state index contributed by atoms with van der Waals surface area (Å²) < 4.78 is 19.3. The number of amides is 2. The first-order valence-corrected chi connectivity index (χ1v) is 9.38. The number of carbonyl (C=O) groups excluding carboxylic acids is 2. The topological polar surface area (TPSA) is 58.6 Å². The molecule has 1 N–H and O–H groups in total. The lowest BCUT2D eigenvalue weighted by Gasteiger charge is -2.16. The van der Waals surface area contributed by atoms with E-state index in [1.54, 1.807) is 29.2 Å². The molecule has 0 spiro atoms. The van der Waals surface area contributed by atoms with Gasteiger partial charge in [0.1, 0.15) is 11.6 Å². The van der Waals surface area contributed by atoms with Crippen LogP contribution in [0.4, 0.5) is 10.1 Å². The fourth-order valence-corrected chi connectivity index (χ4v) is 3.46. The van der Waals surface area contributed by atoms with Gasteiger partial charge in [-0.05, 0) is 65.8 Å². The molecule has 0 atom stereocenters. The van der Waals surface area contributed by atoms with Gasteiger partial charge in [-0.1, -0.05) is 6.07 Å². The first kappa shape index (κ1) is 18.6.